The van der Waals surface area contributed by atoms with E-state index >= 15 is 0 Å². The molecule has 1 N–H and O–H groups in total. The van der Waals surface area contributed by atoms with Gasteiger partial charge in [0.15, 0.2) is 11.5 Å². The van der Waals surface area contributed by atoms with Gasteiger partial charge in [0.05, 0.1) is 5.39 Å². The SMILES string of the molecule is CN(C(=O)OC(C)(C)C)c1n[nH]c2nc(Cl)ncc12. The van der Waals surface area contributed by atoms with E-state index < -0.39 is 11.7 Å². The lowest BCUT2D eigenvalue weighted by molar-refractivity contribution is 0.0588. The maximum Gasteiger partial charge on any atom is 0.415 e. The van der Waals surface area contributed by atoms with Gasteiger partial charge in [-0.3, -0.25) is 10.00 Å². The number of nitrogens with zero attached hydrogens (tertiary/aromatic N) is 4. The lowest BCUT2D eigenvalue weighted by Crippen LogP contribution is -2.34. The molecule has 0 saturated carbocycles. The fourth-order valence-corrected chi connectivity index (χ4v) is 1.58. The Balaban J connectivity index is 2.31. The standard InChI is InChI=1S/C11H14ClN5O2/c1-11(2,3)19-10(18)17(4)8-6-5-13-9(12)14-7(6)15-16-8/h5H,1-4H3,(H,13,14,15,16). The number of amides is 1. The molecule has 19 heavy (non-hydrogen) atoms. The Kier molecular flexibility index (Phi) is 3.32. The van der Waals surface area contributed by atoms with Crippen LogP contribution in [0.3, 0.4) is 0 Å². The number of anilines is 1. The summed E-state index contributed by atoms with van der Waals surface area (Å²) in [4.78, 5) is 21.1. The molecule has 0 saturated heterocycles. The molecular formula is C11H14ClN5O2. The van der Waals surface area contributed by atoms with E-state index in [4.69, 9.17) is 16.3 Å². The maximum atomic E-state index is 12.0. The number of aromatic amines is 1. The Morgan fingerprint density at radius 3 is 2.79 bits per heavy atom. The zero-order valence-corrected chi connectivity index (χ0v) is 11.8. The van der Waals surface area contributed by atoms with Crippen LogP contribution in [0.5, 0.6) is 0 Å². The van der Waals surface area contributed by atoms with Crippen LogP contribution in [0.25, 0.3) is 11.0 Å². The smallest absolute Gasteiger partial charge is 0.415 e. The molecule has 2 rings (SSSR count). The summed E-state index contributed by atoms with van der Waals surface area (Å²) in [6.07, 6.45) is 1.00. The van der Waals surface area contributed by atoms with Gasteiger partial charge in [-0.1, -0.05) is 0 Å². The summed E-state index contributed by atoms with van der Waals surface area (Å²) in [6.45, 7) is 5.39. The largest absolute Gasteiger partial charge is 0.443 e. The van der Waals surface area contributed by atoms with Crippen LogP contribution in [-0.2, 0) is 4.74 Å². The van der Waals surface area contributed by atoms with Gasteiger partial charge in [-0.05, 0) is 32.4 Å². The summed E-state index contributed by atoms with van der Waals surface area (Å²) in [5.74, 6) is 0.390. The van der Waals surface area contributed by atoms with Crippen LogP contribution in [0.15, 0.2) is 6.20 Å². The number of rotatable bonds is 1. The third kappa shape index (κ3) is 2.93. The molecular weight excluding hydrogens is 270 g/mol. The molecule has 0 spiro atoms. The predicted octanol–water partition coefficient (Wildman–Crippen LogP) is 2.38. The molecule has 0 unspecified atom stereocenters. The van der Waals surface area contributed by atoms with Gasteiger partial charge in [-0.25, -0.2) is 9.78 Å². The molecule has 0 aliphatic carbocycles. The molecule has 7 nitrogen and oxygen atoms in total. The van der Waals surface area contributed by atoms with Crippen LogP contribution in [0, 0.1) is 0 Å². The molecule has 2 heterocycles. The molecule has 0 radical (unpaired) electrons. The number of carbonyl (C=O) groups is 1. The fraction of sp³-hybridized carbons (Fsp3) is 0.455. The number of ether oxygens (including phenoxy) is 1. The van der Waals surface area contributed by atoms with Crippen LogP contribution in [0.1, 0.15) is 20.8 Å². The second-order valence-corrected chi connectivity index (χ2v) is 5.33. The van der Waals surface area contributed by atoms with E-state index in [9.17, 15) is 4.79 Å². The van der Waals surface area contributed by atoms with Crippen LogP contribution >= 0.6 is 11.6 Å². The van der Waals surface area contributed by atoms with Gasteiger partial charge in [0.1, 0.15) is 5.60 Å². The van der Waals surface area contributed by atoms with E-state index in [1.807, 2.05) is 0 Å². The van der Waals surface area contributed by atoms with Gasteiger partial charge in [0.25, 0.3) is 0 Å². The highest BCUT2D eigenvalue weighted by molar-refractivity contribution is 6.28. The summed E-state index contributed by atoms with van der Waals surface area (Å²) < 4.78 is 5.26. The van der Waals surface area contributed by atoms with E-state index in [2.05, 4.69) is 20.2 Å². The first kappa shape index (κ1) is 13.5. The third-order valence-electron chi connectivity index (χ3n) is 2.25. The van der Waals surface area contributed by atoms with Gasteiger partial charge in [-0.15, -0.1) is 0 Å². The van der Waals surface area contributed by atoms with E-state index in [0.717, 1.165) is 0 Å². The molecule has 2 aromatic heterocycles. The minimum Gasteiger partial charge on any atom is -0.443 e. The van der Waals surface area contributed by atoms with Crippen molar-refractivity contribution in [2.24, 2.45) is 0 Å². The minimum atomic E-state index is -0.572. The van der Waals surface area contributed by atoms with Crippen molar-refractivity contribution in [3.8, 4) is 0 Å². The first-order chi connectivity index (χ1) is 8.78. The highest BCUT2D eigenvalue weighted by Crippen LogP contribution is 2.23. The third-order valence-corrected chi connectivity index (χ3v) is 2.44. The monoisotopic (exact) mass is 283 g/mol. The van der Waals surface area contributed by atoms with Gasteiger partial charge in [-0.2, -0.15) is 10.1 Å². The number of halogens is 1. The number of hydrogen-bond acceptors (Lipinski definition) is 5. The van der Waals surface area contributed by atoms with Crippen LogP contribution in [-0.4, -0.2) is 38.9 Å². The van der Waals surface area contributed by atoms with Crippen molar-refractivity contribution < 1.29 is 9.53 Å². The van der Waals surface area contributed by atoms with E-state index in [-0.39, 0.29) is 5.28 Å². The summed E-state index contributed by atoms with van der Waals surface area (Å²) in [5.41, 5.74) is -0.109. The Morgan fingerprint density at radius 1 is 1.47 bits per heavy atom. The normalized spacial score (nSPS) is 11.6. The lowest BCUT2D eigenvalue weighted by atomic mass is 10.2. The van der Waals surface area contributed by atoms with Gasteiger partial charge in [0, 0.05) is 13.2 Å². The average molecular weight is 284 g/mol. The van der Waals surface area contributed by atoms with E-state index in [0.29, 0.717) is 16.9 Å². The molecule has 0 fully saturated rings. The Hall–Kier alpha value is -1.89. The zero-order valence-electron chi connectivity index (χ0n) is 11.1. The van der Waals surface area contributed by atoms with Crippen LogP contribution < -0.4 is 4.90 Å². The summed E-state index contributed by atoms with van der Waals surface area (Å²) >= 11 is 5.68. The first-order valence-electron chi connectivity index (χ1n) is 5.61. The Bertz CT molecular complexity index is 619. The summed E-state index contributed by atoms with van der Waals surface area (Å²) in [6, 6.07) is 0. The summed E-state index contributed by atoms with van der Waals surface area (Å²) in [5, 5.41) is 7.43. The molecule has 0 aromatic carbocycles. The average Bonchev–Trinajstić information content (AvgIpc) is 2.68. The topological polar surface area (TPSA) is 84.0 Å². The van der Waals surface area contributed by atoms with E-state index in [1.165, 1.54) is 11.1 Å². The highest BCUT2D eigenvalue weighted by atomic mass is 35.5. The number of nitrogens with one attached hydrogen (secondary N) is 1. The Morgan fingerprint density at radius 2 is 2.16 bits per heavy atom. The van der Waals surface area contributed by atoms with Gasteiger partial charge in [0.2, 0.25) is 5.28 Å². The molecule has 2 aromatic rings. The van der Waals surface area contributed by atoms with Crippen molar-refractivity contribution in [1.29, 1.82) is 0 Å². The second kappa shape index (κ2) is 4.65. The van der Waals surface area contributed by atoms with Crippen molar-refractivity contribution in [3.05, 3.63) is 11.5 Å². The molecule has 1 amide bonds. The number of carbonyl (C=O) groups excluding carboxylic acids is 1. The maximum absolute atomic E-state index is 12.0. The minimum absolute atomic E-state index is 0.114. The molecule has 102 valence electrons. The lowest BCUT2D eigenvalue weighted by Gasteiger charge is -2.23. The van der Waals surface area contributed by atoms with Crippen molar-refractivity contribution in [1.82, 2.24) is 20.2 Å². The van der Waals surface area contributed by atoms with Gasteiger partial charge >= 0.3 is 6.09 Å². The van der Waals surface area contributed by atoms with E-state index in [1.54, 1.807) is 27.8 Å². The van der Waals surface area contributed by atoms with Crippen molar-refractivity contribution in [2.45, 2.75) is 26.4 Å². The van der Waals surface area contributed by atoms with Crippen LogP contribution in [0.4, 0.5) is 10.6 Å². The Labute approximate surface area is 114 Å². The molecule has 0 aliphatic rings. The zero-order chi connectivity index (χ0) is 14.2. The quantitative estimate of drug-likeness (QED) is 0.812. The van der Waals surface area contributed by atoms with Crippen LogP contribution in [0.2, 0.25) is 5.28 Å². The molecule has 0 atom stereocenters. The van der Waals surface area contributed by atoms with Crippen molar-refractivity contribution in [2.75, 3.05) is 11.9 Å². The molecule has 0 aliphatic heterocycles. The molecule has 0 bridgehead atoms. The number of fused-ring (bicyclic) bond motifs is 1. The molecule has 8 heteroatoms. The number of aromatic nitrogens is 4. The van der Waals surface area contributed by atoms with Crippen molar-refractivity contribution in [3.63, 3.8) is 0 Å². The second-order valence-electron chi connectivity index (χ2n) is 4.99. The predicted molar refractivity (Wildman–Crippen MR) is 71.3 cm³/mol. The number of hydrogen-bond donors (Lipinski definition) is 1. The highest BCUT2D eigenvalue weighted by Gasteiger charge is 2.23. The number of H-pyrrole nitrogens is 1. The van der Waals surface area contributed by atoms with Gasteiger partial charge < -0.3 is 4.74 Å². The van der Waals surface area contributed by atoms with Crippen molar-refractivity contribution >= 4 is 34.5 Å². The fourth-order valence-electron chi connectivity index (χ4n) is 1.45. The summed E-state index contributed by atoms with van der Waals surface area (Å²) in [7, 11) is 1.57. The first-order valence-corrected chi connectivity index (χ1v) is 5.99.